The molecule has 0 bridgehead atoms. The van der Waals surface area contributed by atoms with Gasteiger partial charge >= 0.3 is 0 Å². The molecule has 98 valence electrons. The van der Waals surface area contributed by atoms with Crippen LogP contribution in [0.5, 0.6) is 0 Å². The van der Waals surface area contributed by atoms with Crippen molar-refractivity contribution >= 4 is 5.91 Å². The monoisotopic (exact) mass is 247 g/mol. The molecule has 1 amide bonds. The Hall–Kier alpha value is -1.42. The topological polar surface area (TPSA) is 68.0 Å². The Labute approximate surface area is 108 Å². The number of aromatic nitrogens is 1. The number of nitrogens with one attached hydrogen (secondary N) is 1. The molecule has 4 nitrogen and oxygen atoms in total. The van der Waals surface area contributed by atoms with Crippen molar-refractivity contribution in [2.24, 2.45) is 11.7 Å². The third-order valence-corrected chi connectivity index (χ3v) is 3.62. The SMILES string of the molecule is NC1CCCCC1C(=O)NCCc1ccncc1. The Bertz CT molecular complexity index is 380. The molecule has 18 heavy (non-hydrogen) atoms. The summed E-state index contributed by atoms with van der Waals surface area (Å²) in [6, 6.07) is 3.98. The Morgan fingerprint density at radius 1 is 1.33 bits per heavy atom. The van der Waals surface area contributed by atoms with Crippen molar-refractivity contribution < 1.29 is 4.79 Å². The summed E-state index contributed by atoms with van der Waals surface area (Å²) in [7, 11) is 0. The van der Waals surface area contributed by atoms with Crippen molar-refractivity contribution in [2.75, 3.05) is 6.54 Å². The van der Waals surface area contributed by atoms with Gasteiger partial charge in [0.05, 0.1) is 5.92 Å². The molecule has 4 heteroatoms. The van der Waals surface area contributed by atoms with Crippen molar-refractivity contribution in [1.29, 1.82) is 0 Å². The lowest BCUT2D eigenvalue weighted by molar-refractivity contribution is -0.126. The Balaban J connectivity index is 1.74. The number of hydrogen-bond donors (Lipinski definition) is 2. The minimum atomic E-state index is 0.0104. The van der Waals surface area contributed by atoms with Crippen LogP contribution in [0.2, 0.25) is 0 Å². The van der Waals surface area contributed by atoms with E-state index in [1.807, 2.05) is 12.1 Å². The van der Waals surface area contributed by atoms with Crippen LogP contribution in [0.15, 0.2) is 24.5 Å². The average molecular weight is 247 g/mol. The number of rotatable bonds is 4. The van der Waals surface area contributed by atoms with E-state index in [4.69, 9.17) is 5.73 Å². The first-order valence-electron chi connectivity index (χ1n) is 6.69. The predicted molar refractivity (Wildman–Crippen MR) is 70.9 cm³/mol. The number of amides is 1. The fourth-order valence-corrected chi connectivity index (χ4v) is 2.50. The maximum Gasteiger partial charge on any atom is 0.224 e. The third-order valence-electron chi connectivity index (χ3n) is 3.62. The molecule has 0 radical (unpaired) electrons. The molecule has 0 aliphatic heterocycles. The smallest absolute Gasteiger partial charge is 0.224 e. The lowest BCUT2D eigenvalue weighted by atomic mass is 9.84. The maximum atomic E-state index is 12.0. The van der Waals surface area contributed by atoms with Crippen molar-refractivity contribution in [3.63, 3.8) is 0 Å². The first-order valence-corrected chi connectivity index (χ1v) is 6.69. The second kappa shape index (κ2) is 6.50. The summed E-state index contributed by atoms with van der Waals surface area (Å²) >= 11 is 0. The van der Waals surface area contributed by atoms with E-state index < -0.39 is 0 Å². The molecule has 1 heterocycles. The average Bonchev–Trinajstić information content (AvgIpc) is 2.40. The predicted octanol–water partition coefficient (Wildman–Crippen LogP) is 1.26. The Morgan fingerprint density at radius 2 is 2.06 bits per heavy atom. The van der Waals surface area contributed by atoms with Gasteiger partial charge in [0, 0.05) is 25.0 Å². The van der Waals surface area contributed by atoms with Crippen molar-refractivity contribution in [3.05, 3.63) is 30.1 Å². The Kier molecular flexibility index (Phi) is 4.70. The largest absolute Gasteiger partial charge is 0.355 e. The highest BCUT2D eigenvalue weighted by atomic mass is 16.1. The minimum Gasteiger partial charge on any atom is -0.355 e. The molecule has 0 saturated heterocycles. The summed E-state index contributed by atoms with van der Waals surface area (Å²) in [6.07, 6.45) is 8.57. The van der Waals surface area contributed by atoms with Crippen LogP contribution in [0.25, 0.3) is 0 Å². The standard InChI is InChI=1S/C14H21N3O/c15-13-4-2-1-3-12(13)14(18)17-10-7-11-5-8-16-9-6-11/h5-6,8-9,12-13H,1-4,7,10,15H2,(H,17,18). The highest BCUT2D eigenvalue weighted by molar-refractivity contribution is 5.79. The van der Waals surface area contributed by atoms with E-state index >= 15 is 0 Å². The summed E-state index contributed by atoms with van der Waals surface area (Å²) < 4.78 is 0. The van der Waals surface area contributed by atoms with Gasteiger partial charge in [-0.15, -0.1) is 0 Å². The number of nitrogens with two attached hydrogens (primary N) is 1. The molecule has 1 aromatic rings. The van der Waals surface area contributed by atoms with Crippen molar-refractivity contribution in [3.8, 4) is 0 Å². The van der Waals surface area contributed by atoms with Crippen LogP contribution >= 0.6 is 0 Å². The molecular formula is C14H21N3O. The minimum absolute atomic E-state index is 0.0104. The zero-order valence-electron chi connectivity index (χ0n) is 10.6. The van der Waals surface area contributed by atoms with E-state index in [1.54, 1.807) is 12.4 Å². The van der Waals surface area contributed by atoms with Crippen LogP contribution in [-0.2, 0) is 11.2 Å². The highest BCUT2D eigenvalue weighted by Crippen LogP contribution is 2.22. The van der Waals surface area contributed by atoms with Crippen LogP contribution in [-0.4, -0.2) is 23.5 Å². The lowest BCUT2D eigenvalue weighted by Gasteiger charge is -2.27. The molecule has 1 aromatic heterocycles. The van der Waals surface area contributed by atoms with Crippen LogP contribution in [0.1, 0.15) is 31.2 Å². The van der Waals surface area contributed by atoms with Gasteiger partial charge in [0.1, 0.15) is 0 Å². The zero-order chi connectivity index (χ0) is 12.8. The van der Waals surface area contributed by atoms with Gasteiger partial charge in [-0.25, -0.2) is 0 Å². The molecule has 1 aliphatic rings. The molecule has 1 aliphatic carbocycles. The highest BCUT2D eigenvalue weighted by Gasteiger charge is 2.27. The molecule has 2 unspecified atom stereocenters. The number of hydrogen-bond acceptors (Lipinski definition) is 3. The summed E-state index contributed by atoms with van der Waals surface area (Å²) in [4.78, 5) is 16.0. The second-order valence-electron chi connectivity index (χ2n) is 4.95. The van der Waals surface area contributed by atoms with E-state index in [9.17, 15) is 4.79 Å². The van der Waals surface area contributed by atoms with E-state index in [0.29, 0.717) is 6.54 Å². The van der Waals surface area contributed by atoms with Crippen LogP contribution in [0.3, 0.4) is 0 Å². The van der Waals surface area contributed by atoms with Gasteiger partial charge in [0.2, 0.25) is 5.91 Å². The summed E-state index contributed by atoms with van der Waals surface area (Å²) in [5.74, 6) is 0.132. The van der Waals surface area contributed by atoms with Crippen LogP contribution in [0.4, 0.5) is 0 Å². The first kappa shape index (κ1) is 13.0. The van der Waals surface area contributed by atoms with Gasteiger partial charge in [0.15, 0.2) is 0 Å². The molecule has 0 aromatic carbocycles. The van der Waals surface area contributed by atoms with E-state index in [-0.39, 0.29) is 17.9 Å². The van der Waals surface area contributed by atoms with E-state index in [1.165, 1.54) is 5.56 Å². The van der Waals surface area contributed by atoms with Crippen molar-refractivity contribution in [2.45, 2.75) is 38.1 Å². The summed E-state index contributed by atoms with van der Waals surface area (Å²) in [5, 5.41) is 2.99. The molecule has 0 spiro atoms. The lowest BCUT2D eigenvalue weighted by Crippen LogP contribution is -2.44. The van der Waals surface area contributed by atoms with E-state index in [0.717, 1.165) is 32.1 Å². The molecular weight excluding hydrogens is 226 g/mol. The Morgan fingerprint density at radius 3 is 2.78 bits per heavy atom. The third kappa shape index (κ3) is 3.53. The van der Waals surface area contributed by atoms with Crippen LogP contribution < -0.4 is 11.1 Å². The van der Waals surface area contributed by atoms with Crippen LogP contribution in [0, 0.1) is 5.92 Å². The van der Waals surface area contributed by atoms with Crippen molar-refractivity contribution in [1.82, 2.24) is 10.3 Å². The number of carbonyl (C=O) groups is 1. The van der Waals surface area contributed by atoms with Gasteiger partial charge < -0.3 is 11.1 Å². The molecule has 2 rings (SSSR count). The quantitative estimate of drug-likeness (QED) is 0.841. The summed E-state index contributed by atoms with van der Waals surface area (Å²) in [6.45, 7) is 0.673. The van der Waals surface area contributed by atoms with Gasteiger partial charge in [0.25, 0.3) is 0 Å². The first-order chi connectivity index (χ1) is 8.77. The molecule has 2 atom stereocenters. The molecule has 1 saturated carbocycles. The van der Waals surface area contributed by atoms with Gasteiger partial charge in [-0.2, -0.15) is 0 Å². The normalized spacial score (nSPS) is 23.6. The van der Waals surface area contributed by atoms with Gasteiger partial charge in [-0.1, -0.05) is 12.8 Å². The maximum absolute atomic E-state index is 12.0. The fourth-order valence-electron chi connectivity index (χ4n) is 2.50. The number of nitrogens with zero attached hydrogens (tertiary/aromatic N) is 1. The molecule has 3 N–H and O–H groups in total. The molecule has 1 fully saturated rings. The number of pyridine rings is 1. The zero-order valence-corrected chi connectivity index (χ0v) is 10.6. The second-order valence-corrected chi connectivity index (χ2v) is 4.95. The van der Waals surface area contributed by atoms with Gasteiger partial charge in [-0.05, 0) is 37.0 Å². The summed E-state index contributed by atoms with van der Waals surface area (Å²) in [5.41, 5.74) is 7.19. The fraction of sp³-hybridized carbons (Fsp3) is 0.571. The van der Waals surface area contributed by atoms with Gasteiger partial charge in [-0.3, -0.25) is 9.78 Å². The number of carbonyl (C=O) groups excluding carboxylic acids is 1. The van der Waals surface area contributed by atoms with E-state index in [2.05, 4.69) is 10.3 Å².